The molecule has 2 aromatic carbocycles. The molecule has 3 nitrogen and oxygen atoms in total. The first-order valence-corrected chi connectivity index (χ1v) is 7.76. The highest BCUT2D eigenvalue weighted by Gasteiger charge is 2.23. The third kappa shape index (κ3) is 2.81. The van der Waals surface area contributed by atoms with Gasteiger partial charge in [-0.25, -0.2) is 0 Å². The minimum Gasteiger partial charge on any atom is -0.399 e. The molecule has 0 aromatic heterocycles. The number of anilines is 1. The molecule has 1 aliphatic rings. The predicted molar refractivity (Wildman–Crippen MR) is 88.2 cm³/mol. The molecule has 1 aliphatic heterocycles. The molecule has 1 amide bonds. The Bertz CT molecular complexity index is 712. The van der Waals surface area contributed by atoms with Crippen molar-refractivity contribution in [3.8, 4) is 0 Å². The summed E-state index contributed by atoms with van der Waals surface area (Å²) >= 11 is 3.47. The number of carbonyl (C=O) groups is 1. The Labute approximate surface area is 132 Å². The molecule has 4 heteroatoms. The van der Waals surface area contributed by atoms with Gasteiger partial charge in [-0.15, -0.1) is 0 Å². The second-order valence-electron chi connectivity index (χ2n) is 5.49. The van der Waals surface area contributed by atoms with Crippen LogP contribution in [0.25, 0.3) is 0 Å². The van der Waals surface area contributed by atoms with Crippen LogP contribution < -0.4 is 5.73 Å². The van der Waals surface area contributed by atoms with Gasteiger partial charge in [0.1, 0.15) is 0 Å². The molecule has 108 valence electrons. The van der Waals surface area contributed by atoms with Gasteiger partial charge in [0.2, 0.25) is 0 Å². The monoisotopic (exact) mass is 344 g/mol. The zero-order chi connectivity index (χ0) is 15.0. The minimum atomic E-state index is 0.0682. The van der Waals surface area contributed by atoms with Gasteiger partial charge < -0.3 is 10.6 Å². The van der Waals surface area contributed by atoms with Crippen LogP contribution in [0.1, 0.15) is 27.0 Å². The van der Waals surface area contributed by atoms with Gasteiger partial charge in [0, 0.05) is 23.2 Å². The van der Waals surface area contributed by atoms with E-state index in [9.17, 15) is 4.79 Å². The Morgan fingerprint density at radius 3 is 2.81 bits per heavy atom. The smallest absolute Gasteiger partial charge is 0.255 e. The maximum atomic E-state index is 12.7. The molecule has 3 rings (SSSR count). The average Bonchev–Trinajstić information content (AvgIpc) is 2.48. The molecular formula is C17H17BrN2O. The maximum Gasteiger partial charge on any atom is 0.255 e. The van der Waals surface area contributed by atoms with Crippen LogP contribution in [-0.2, 0) is 13.0 Å². The number of halogens is 1. The Balaban J connectivity index is 1.88. The Hall–Kier alpha value is -1.81. The molecule has 21 heavy (non-hydrogen) atoms. The van der Waals surface area contributed by atoms with Crippen molar-refractivity contribution < 1.29 is 4.79 Å². The molecule has 0 unspecified atom stereocenters. The number of hydrogen-bond donors (Lipinski definition) is 1. The van der Waals surface area contributed by atoms with Gasteiger partial charge in [-0.1, -0.05) is 17.7 Å². The second kappa shape index (κ2) is 5.53. The van der Waals surface area contributed by atoms with E-state index < -0.39 is 0 Å². The molecule has 0 saturated heterocycles. The van der Waals surface area contributed by atoms with Crippen molar-refractivity contribution in [2.75, 3.05) is 12.3 Å². The van der Waals surface area contributed by atoms with Crippen LogP contribution in [0.4, 0.5) is 5.69 Å². The van der Waals surface area contributed by atoms with Crippen LogP contribution in [0.3, 0.4) is 0 Å². The van der Waals surface area contributed by atoms with E-state index >= 15 is 0 Å². The number of rotatable bonds is 1. The molecular weight excluding hydrogens is 328 g/mol. The lowest BCUT2D eigenvalue weighted by Gasteiger charge is -2.29. The van der Waals surface area contributed by atoms with Crippen LogP contribution in [0.15, 0.2) is 40.9 Å². The third-order valence-corrected chi connectivity index (χ3v) is 4.57. The highest BCUT2D eigenvalue weighted by Crippen LogP contribution is 2.25. The first-order valence-electron chi connectivity index (χ1n) is 6.97. The van der Waals surface area contributed by atoms with Crippen molar-refractivity contribution in [2.45, 2.75) is 19.9 Å². The fourth-order valence-electron chi connectivity index (χ4n) is 2.72. The lowest BCUT2D eigenvalue weighted by atomic mass is 9.98. The minimum absolute atomic E-state index is 0.0682. The Morgan fingerprint density at radius 1 is 1.19 bits per heavy atom. The fourth-order valence-corrected chi connectivity index (χ4v) is 3.14. The molecule has 0 saturated carbocycles. The molecule has 0 bridgehead atoms. The van der Waals surface area contributed by atoms with Crippen LogP contribution in [0.2, 0.25) is 0 Å². The van der Waals surface area contributed by atoms with E-state index in [2.05, 4.69) is 22.0 Å². The van der Waals surface area contributed by atoms with Gasteiger partial charge in [0.15, 0.2) is 0 Å². The SMILES string of the molecule is Cc1ccc(Br)c(C(=O)N2CCc3ccc(N)cc3C2)c1. The summed E-state index contributed by atoms with van der Waals surface area (Å²) in [5.74, 6) is 0.0682. The zero-order valence-corrected chi connectivity index (χ0v) is 13.5. The number of carbonyl (C=O) groups excluding carboxylic acids is 1. The highest BCUT2D eigenvalue weighted by molar-refractivity contribution is 9.10. The molecule has 0 spiro atoms. The predicted octanol–water partition coefficient (Wildman–Crippen LogP) is 3.54. The van der Waals surface area contributed by atoms with E-state index in [0.29, 0.717) is 6.54 Å². The molecule has 2 aromatic rings. The van der Waals surface area contributed by atoms with Gasteiger partial charge in [0.05, 0.1) is 5.56 Å². The normalized spacial score (nSPS) is 13.9. The van der Waals surface area contributed by atoms with Crippen LogP contribution in [-0.4, -0.2) is 17.4 Å². The number of hydrogen-bond acceptors (Lipinski definition) is 2. The van der Waals surface area contributed by atoms with Crippen molar-refractivity contribution in [2.24, 2.45) is 0 Å². The van der Waals surface area contributed by atoms with Crippen LogP contribution >= 0.6 is 15.9 Å². The summed E-state index contributed by atoms with van der Waals surface area (Å²) in [5, 5.41) is 0. The number of benzene rings is 2. The van der Waals surface area contributed by atoms with E-state index in [0.717, 1.165) is 39.8 Å². The maximum absolute atomic E-state index is 12.7. The van der Waals surface area contributed by atoms with Crippen molar-refractivity contribution in [3.05, 3.63) is 63.1 Å². The van der Waals surface area contributed by atoms with Crippen molar-refractivity contribution >= 4 is 27.5 Å². The van der Waals surface area contributed by atoms with E-state index in [-0.39, 0.29) is 5.91 Å². The lowest BCUT2D eigenvalue weighted by molar-refractivity contribution is 0.0733. The number of fused-ring (bicyclic) bond motifs is 1. The number of amides is 1. The van der Waals surface area contributed by atoms with E-state index in [4.69, 9.17) is 5.73 Å². The van der Waals surface area contributed by atoms with Gasteiger partial charge in [0.25, 0.3) is 5.91 Å². The molecule has 0 atom stereocenters. The average molecular weight is 345 g/mol. The third-order valence-electron chi connectivity index (χ3n) is 3.88. The number of nitrogen functional groups attached to an aromatic ring is 1. The second-order valence-corrected chi connectivity index (χ2v) is 6.34. The fraction of sp³-hybridized carbons (Fsp3) is 0.235. The van der Waals surface area contributed by atoms with E-state index in [1.165, 1.54) is 5.56 Å². The van der Waals surface area contributed by atoms with Crippen molar-refractivity contribution in [1.29, 1.82) is 0 Å². The summed E-state index contributed by atoms with van der Waals surface area (Å²) in [6.45, 7) is 3.37. The highest BCUT2D eigenvalue weighted by atomic mass is 79.9. The van der Waals surface area contributed by atoms with Crippen LogP contribution in [0, 0.1) is 6.92 Å². The Kier molecular flexibility index (Phi) is 3.72. The first-order chi connectivity index (χ1) is 10.0. The van der Waals surface area contributed by atoms with Crippen molar-refractivity contribution in [3.63, 3.8) is 0 Å². The number of nitrogens with zero attached hydrogens (tertiary/aromatic N) is 1. The van der Waals surface area contributed by atoms with E-state index in [1.807, 2.05) is 42.2 Å². The van der Waals surface area contributed by atoms with Gasteiger partial charge >= 0.3 is 0 Å². The quantitative estimate of drug-likeness (QED) is 0.804. The summed E-state index contributed by atoms with van der Waals surface area (Å²) in [6.07, 6.45) is 0.880. The largest absolute Gasteiger partial charge is 0.399 e. The summed E-state index contributed by atoms with van der Waals surface area (Å²) in [5.41, 5.74) is 10.8. The molecule has 2 N–H and O–H groups in total. The van der Waals surface area contributed by atoms with Gasteiger partial charge in [-0.3, -0.25) is 4.79 Å². The summed E-state index contributed by atoms with van der Waals surface area (Å²) in [4.78, 5) is 14.6. The summed E-state index contributed by atoms with van der Waals surface area (Å²) < 4.78 is 0.844. The molecule has 0 radical (unpaired) electrons. The topological polar surface area (TPSA) is 46.3 Å². The molecule has 0 fully saturated rings. The number of aryl methyl sites for hydroxylation is 1. The first kappa shape index (κ1) is 14.1. The summed E-state index contributed by atoms with van der Waals surface area (Å²) in [7, 11) is 0. The van der Waals surface area contributed by atoms with Gasteiger partial charge in [-0.05, 0) is 64.7 Å². The zero-order valence-electron chi connectivity index (χ0n) is 11.9. The standard InChI is InChI=1S/C17H17BrN2O/c1-11-2-5-16(18)15(8-11)17(21)20-7-6-12-3-4-14(19)9-13(12)10-20/h2-5,8-9H,6-7,10,19H2,1H3. The number of nitrogens with two attached hydrogens (primary N) is 1. The Morgan fingerprint density at radius 2 is 2.00 bits per heavy atom. The summed E-state index contributed by atoms with van der Waals surface area (Å²) in [6, 6.07) is 11.8. The molecule has 1 heterocycles. The molecule has 0 aliphatic carbocycles. The lowest BCUT2D eigenvalue weighted by Crippen LogP contribution is -2.36. The van der Waals surface area contributed by atoms with Gasteiger partial charge in [-0.2, -0.15) is 0 Å². The van der Waals surface area contributed by atoms with Crippen LogP contribution in [0.5, 0.6) is 0 Å². The van der Waals surface area contributed by atoms with Crippen molar-refractivity contribution in [1.82, 2.24) is 4.90 Å². The van der Waals surface area contributed by atoms with E-state index in [1.54, 1.807) is 0 Å².